The third-order valence-electron chi connectivity index (χ3n) is 1.55. The van der Waals surface area contributed by atoms with E-state index in [0.717, 1.165) is 0 Å². The highest BCUT2D eigenvalue weighted by atomic mass is 19.4. The van der Waals surface area contributed by atoms with E-state index < -0.39 is 18.9 Å². The highest BCUT2D eigenvalue weighted by Crippen LogP contribution is 2.14. The van der Waals surface area contributed by atoms with E-state index in [1.165, 1.54) is 6.20 Å². The summed E-state index contributed by atoms with van der Waals surface area (Å²) in [6, 6.07) is 0. The topological polar surface area (TPSA) is 67.0 Å². The molecule has 0 aliphatic heterocycles. The molecule has 0 spiro atoms. The van der Waals surface area contributed by atoms with Crippen molar-refractivity contribution in [2.24, 2.45) is 0 Å². The minimum Gasteiger partial charge on any atom is -0.440 e. The van der Waals surface area contributed by atoms with Gasteiger partial charge in [-0.1, -0.05) is 0 Å². The molecule has 0 aliphatic rings. The number of alkyl halides is 3. The molecule has 0 saturated carbocycles. The SMILES string of the molecule is O=C(NCCc1ncc[nH]1)OCC(F)(F)F. The molecule has 0 aliphatic carbocycles. The normalized spacial score (nSPS) is 11.2. The molecule has 1 aromatic heterocycles. The van der Waals surface area contributed by atoms with E-state index in [1.54, 1.807) is 6.20 Å². The molecular weight excluding hydrogens is 227 g/mol. The van der Waals surface area contributed by atoms with Crippen molar-refractivity contribution in [1.82, 2.24) is 15.3 Å². The number of hydrogen-bond donors (Lipinski definition) is 2. The summed E-state index contributed by atoms with van der Waals surface area (Å²) in [5.74, 6) is 0.635. The largest absolute Gasteiger partial charge is 0.440 e. The van der Waals surface area contributed by atoms with Gasteiger partial charge in [0.05, 0.1) is 0 Å². The molecule has 5 nitrogen and oxygen atoms in total. The van der Waals surface area contributed by atoms with Crippen molar-refractivity contribution in [3.63, 3.8) is 0 Å². The van der Waals surface area contributed by atoms with Crippen molar-refractivity contribution < 1.29 is 22.7 Å². The van der Waals surface area contributed by atoms with E-state index in [0.29, 0.717) is 12.2 Å². The maximum Gasteiger partial charge on any atom is 0.422 e. The lowest BCUT2D eigenvalue weighted by Crippen LogP contribution is -2.30. The molecule has 0 unspecified atom stereocenters. The summed E-state index contributed by atoms with van der Waals surface area (Å²) >= 11 is 0. The smallest absolute Gasteiger partial charge is 0.422 e. The molecule has 90 valence electrons. The highest BCUT2D eigenvalue weighted by Gasteiger charge is 2.29. The number of halogens is 3. The summed E-state index contributed by atoms with van der Waals surface area (Å²) < 4.78 is 38.8. The standard InChI is InChI=1S/C8H10F3N3O2/c9-8(10,11)5-16-7(15)14-2-1-6-12-3-4-13-6/h3-4H,1-2,5H2,(H,12,13)(H,14,15). The van der Waals surface area contributed by atoms with E-state index in [2.05, 4.69) is 20.0 Å². The molecular formula is C8H10F3N3O2. The quantitative estimate of drug-likeness (QED) is 0.827. The van der Waals surface area contributed by atoms with Crippen LogP contribution in [0.4, 0.5) is 18.0 Å². The van der Waals surface area contributed by atoms with Crippen LogP contribution < -0.4 is 5.32 Å². The monoisotopic (exact) mass is 237 g/mol. The number of aromatic amines is 1. The van der Waals surface area contributed by atoms with Crippen LogP contribution in [0.25, 0.3) is 0 Å². The van der Waals surface area contributed by atoms with Crippen LogP contribution in [0.15, 0.2) is 12.4 Å². The first-order chi connectivity index (χ1) is 7.47. The molecule has 1 amide bonds. The molecule has 0 fully saturated rings. The average Bonchev–Trinajstić information content (AvgIpc) is 2.66. The van der Waals surface area contributed by atoms with Crippen LogP contribution in [0.5, 0.6) is 0 Å². The average molecular weight is 237 g/mol. The van der Waals surface area contributed by atoms with Crippen molar-refractivity contribution in [3.05, 3.63) is 18.2 Å². The first kappa shape index (κ1) is 12.3. The number of carbonyl (C=O) groups is 1. The van der Waals surface area contributed by atoms with Gasteiger partial charge in [-0.15, -0.1) is 0 Å². The van der Waals surface area contributed by atoms with E-state index in [9.17, 15) is 18.0 Å². The number of hydrogen-bond acceptors (Lipinski definition) is 3. The minimum absolute atomic E-state index is 0.157. The molecule has 0 atom stereocenters. The van der Waals surface area contributed by atoms with Gasteiger partial charge in [-0.3, -0.25) is 0 Å². The molecule has 0 aromatic carbocycles. The summed E-state index contributed by atoms with van der Waals surface area (Å²) in [6.07, 6.45) is -2.05. The summed E-state index contributed by atoms with van der Waals surface area (Å²) in [4.78, 5) is 17.4. The number of nitrogens with zero attached hydrogens (tertiary/aromatic N) is 1. The van der Waals surface area contributed by atoms with Gasteiger partial charge >= 0.3 is 12.3 Å². The molecule has 1 rings (SSSR count). The van der Waals surface area contributed by atoms with Gasteiger partial charge in [0.1, 0.15) is 5.82 Å². The Hall–Kier alpha value is -1.73. The fourth-order valence-corrected chi connectivity index (χ4v) is 0.916. The van der Waals surface area contributed by atoms with Gasteiger partial charge in [0.25, 0.3) is 0 Å². The van der Waals surface area contributed by atoms with Crippen molar-refractivity contribution in [1.29, 1.82) is 0 Å². The van der Waals surface area contributed by atoms with Crippen LogP contribution in [-0.4, -0.2) is 35.4 Å². The van der Waals surface area contributed by atoms with E-state index >= 15 is 0 Å². The van der Waals surface area contributed by atoms with Crippen molar-refractivity contribution in [2.45, 2.75) is 12.6 Å². The zero-order chi connectivity index (χ0) is 12.0. The van der Waals surface area contributed by atoms with Crippen LogP contribution in [-0.2, 0) is 11.2 Å². The zero-order valence-electron chi connectivity index (χ0n) is 8.17. The van der Waals surface area contributed by atoms with E-state index in [-0.39, 0.29) is 6.54 Å². The molecule has 1 heterocycles. The van der Waals surface area contributed by atoms with Gasteiger partial charge in [0, 0.05) is 25.4 Å². The molecule has 16 heavy (non-hydrogen) atoms. The van der Waals surface area contributed by atoms with Crippen molar-refractivity contribution in [2.75, 3.05) is 13.2 Å². The van der Waals surface area contributed by atoms with Crippen LogP contribution in [0.2, 0.25) is 0 Å². The summed E-state index contributed by atoms with van der Waals surface area (Å²) in [6.45, 7) is -1.43. The Morgan fingerprint density at radius 1 is 1.56 bits per heavy atom. The zero-order valence-corrected chi connectivity index (χ0v) is 8.17. The van der Waals surface area contributed by atoms with Crippen molar-refractivity contribution in [3.8, 4) is 0 Å². The predicted molar refractivity (Wildman–Crippen MR) is 47.7 cm³/mol. The van der Waals surface area contributed by atoms with E-state index in [4.69, 9.17) is 0 Å². The fraction of sp³-hybridized carbons (Fsp3) is 0.500. The Bertz CT molecular complexity index is 324. The van der Waals surface area contributed by atoms with Crippen LogP contribution in [0.3, 0.4) is 0 Å². The Morgan fingerprint density at radius 3 is 2.88 bits per heavy atom. The Morgan fingerprint density at radius 2 is 2.31 bits per heavy atom. The van der Waals surface area contributed by atoms with Gasteiger partial charge in [-0.05, 0) is 0 Å². The number of alkyl carbamates (subject to hydrolysis) is 1. The third kappa shape index (κ3) is 5.23. The molecule has 0 bridgehead atoms. The summed E-state index contributed by atoms with van der Waals surface area (Å²) in [5, 5.41) is 2.17. The number of ether oxygens (including phenoxy) is 1. The Kier molecular flexibility index (Phi) is 4.15. The summed E-state index contributed by atoms with van der Waals surface area (Å²) in [5.41, 5.74) is 0. The Labute approximate surface area is 89.0 Å². The van der Waals surface area contributed by atoms with Gasteiger partial charge < -0.3 is 15.0 Å². The second kappa shape index (κ2) is 5.38. The lowest BCUT2D eigenvalue weighted by molar-refractivity contribution is -0.160. The number of rotatable bonds is 4. The molecule has 1 aromatic rings. The van der Waals surface area contributed by atoms with Gasteiger partial charge in [0.2, 0.25) is 0 Å². The first-order valence-corrected chi connectivity index (χ1v) is 4.43. The second-order valence-corrected chi connectivity index (χ2v) is 2.90. The predicted octanol–water partition coefficient (Wildman–Crippen LogP) is 1.24. The molecule has 2 N–H and O–H groups in total. The number of carbonyl (C=O) groups excluding carboxylic acids is 1. The van der Waals surface area contributed by atoms with Gasteiger partial charge in [-0.2, -0.15) is 13.2 Å². The first-order valence-electron chi connectivity index (χ1n) is 4.43. The number of aromatic nitrogens is 2. The fourth-order valence-electron chi connectivity index (χ4n) is 0.916. The highest BCUT2D eigenvalue weighted by molar-refractivity contribution is 5.67. The summed E-state index contributed by atoms with van der Waals surface area (Å²) in [7, 11) is 0. The third-order valence-corrected chi connectivity index (χ3v) is 1.55. The number of H-pyrrole nitrogens is 1. The maximum absolute atomic E-state index is 11.6. The van der Waals surface area contributed by atoms with E-state index in [1.807, 2.05) is 0 Å². The number of amides is 1. The van der Waals surface area contributed by atoms with Crippen LogP contribution >= 0.6 is 0 Å². The van der Waals surface area contributed by atoms with Gasteiger partial charge in [-0.25, -0.2) is 9.78 Å². The lowest BCUT2D eigenvalue weighted by atomic mass is 10.4. The van der Waals surface area contributed by atoms with Crippen LogP contribution in [0.1, 0.15) is 5.82 Å². The molecule has 8 heteroatoms. The van der Waals surface area contributed by atoms with Crippen molar-refractivity contribution >= 4 is 6.09 Å². The maximum atomic E-state index is 11.6. The number of imidazole rings is 1. The molecule has 0 radical (unpaired) electrons. The number of nitrogens with one attached hydrogen (secondary N) is 2. The van der Waals surface area contributed by atoms with Crippen LogP contribution in [0, 0.1) is 0 Å². The minimum atomic E-state index is -4.50. The second-order valence-electron chi connectivity index (χ2n) is 2.90. The molecule has 0 saturated heterocycles. The lowest BCUT2D eigenvalue weighted by Gasteiger charge is -2.08. The van der Waals surface area contributed by atoms with Gasteiger partial charge in [0.15, 0.2) is 6.61 Å². The Balaban J connectivity index is 2.11.